The molecule has 2 saturated heterocycles. The van der Waals surface area contributed by atoms with Crippen LogP contribution in [0.5, 0.6) is 0 Å². The molecule has 1 aromatic carbocycles. The molecule has 2 bridgehead atoms. The number of aliphatic hydroxyl groups is 1. The number of benzene rings is 1. The monoisotopic (exact) mass is 294 g/mol. The van der Waals surface area contributed by atoms with Crippen LogP contribution in [0.25, 0.3) is 0 Å². The molecule has 0 aromatic heterocycles. The zero-order chi connectivity index (χ0) is 14.3. The summed E-state index contributed by atoms with van der Waals surface area (Å²) in [5, 5.41) is 10.6. The van der Waals surface area contributed by atoms with Crippen molar-refractivity contribution in [1.82, 2.24) is 0 Å². The van der Waals surface area contributed by atoms with Gasteiger partial charge in [-0.1, -0.05) is 19.1 Å². The summed E-state index contributed by atoms with van der Waals surface area (Å²) in [6.45, 7) is 1.88. The van der Waals surface area contributed by atoms with Gasteiger partial charge < -0.3 is 5.11 Å². The number of Topliss-reactive ketones (excluding diaryl/α,β-unsaturated/α-hetero) is 1. The second-order valence-corrected chi connectivity index (χ2v) is 7.25. The molecule has 2 aliphatic heterocycles. The van der Waals surface area contributed by atoms with E-state index < -0.39 is 0 Å². The van der Waals surface area contributed by atoms with Crippen molar-refractivity contribution >= 4 is 17.5 Å². The van der Waals surface area contributed by atoms with E-state index in [4.69, 9.17) is 0 Å². The summed E-state index contributed by atoms with van der Waals surface area (Å²) in [4.78, 5) is 12.4. The van der Waals surface area contributed by atoms with Crippen LogP contribution in [-0.4, -0.2) is 27.5 Å². The van der Waals surface area contributed by atoms with Gasteiger partial charge in [0.05, 0.1) is 6.10 Å². The number of rotatable bonds is 3. The van der Waals surface area contributed by atoms with Gasteiger partial charge >= 0.3 is 0 Å². The Labute approximate surface area is 122 Å². The fourth-order valence-electron chi connectivity index (χ4n) is 3.60. The summed E-state index contributed by atoms with van der Waals surface area (Å²) >= 11 is 1.77. The van der Waals surface area contributed by atoms with Crippen LogP contribution in [0.15, 0.2) is 24.3 Å². The zero-order valence-corrected chi connectivity index (χ0v) is 12.3. The first-order valence-electron chi connectivity index (χ1n) is 7.22. The second-order valence-electron chi connectivity index (χ2n) is 5.77. The van der Waals surface area contributed by atoms with Gasteiger partial charge in [0.2, 0.25) is 0 Å². The number of hydrogen-bond donors (Lipinski definition) is 1. The van der Waals surface area contributed by atoms with Crippen LogP contribution in [-0.2, 0) is 4.79 Å². The molecule has 1 N–H and O–H groups in total. The first-order chi connectivity index (χ1) is 9.60. The zero-order valence-electron chi connectivity index (χ0n) is 11.5. The third-order valence-corrected chi connectivity index (χ3v) is 6.25. The van der Waals surface area contributed by atoms with Crippen LogP contribution in [0.2, 0.25) is 0 Å². The molecule has 2 aliphatic rings. The molecule has 20 heavy (non-hydrogen) atoms. The largest absolute Gasteiger partial charge is 0.392 e. The molecular formula is C16H19FO2S. The molecule has 4 heteroatoms. The molecule has 0 amide bonds. The van der Waals surface area contributed by atoms with Crippen LogP contribution >= 0.6 is 11.8 Å². The average molecular weight is 294 g/mol. The fraction of sp³-hybridized carbons (Fsp3) is 0.562. The van der Waals surface area contributed by atoms with E-state index in [1.54, 1.807) is 23.9 Å². The lowest BCUT2D eigenvalue weighted by molar-refractivity contribution is -0.123. The van der Waals surface area contributed by atoms with E-state index in [-0.39, 0.29) is 34.8 Å². The topological polar surface area (TPSA) is 37.3 Å². The van der Waals surface area contributed by atoms with Crippen molar-refractivity contribution in [1.29, 1.82) is 0 Å². The number of thioether (sulfide) groups is 1. The summed E-state index contributed by atoms with van der Waals surface area (Å²) in [6.07, 6.45) is 1.80. The Morgan fingerprint density at radius 1 is 1.35 bits per heavy atom. The first-order valence-corrected chi connectivity index (χ1v) is 8.16. The predicted molar refractivity (Wildman–Crippen MR) is 78.3 cm³/mol. The van der Waals surface area contributed by atoms with Crippen molar-refractivity contribution in [3.05, 3.63) is 35.6 Å². The molecule has 0 spiro atoms. The third kappa shape index (κ3) is 2.40. The van der Waals surface area contributed by atoms with Gasteiger partial charge in [-0.25, -0.2) is 4.39 Å². The van der Waals surface area contributed by atoms with E-state index in [2.05, 4.69) is 0 Å². The standard InChI is InChI=1S/C16H19FO2S/c1-2-13(18)15-12(9-3-5-10(17)6-4-9)7-11-8-14(19)16(15)20-11/h3-6,11-12,14-16,19H,2,7-8H2,1H3. The molecule has 0 saturated carbocycles. The van der Waals surface area contributed by atoms with Crippen LogP contribution in [0.3, 0.4) is 0 Å². The normalized spacial score (nSPS) is 36.0. The average Bonchev–Trinajstić information content (AvgIpc) is 2.74. The minimum atomic E-state index is -0.379. The van der Waals surface area contributed by atoms with Crippen LogP contribution in [0.1, 0.15) is 37.7 Å². The highest BCUT2D eigenvalue weighted by Crippen LogP contribution is 2.53. The third-order valence-electron chi connectivity index (χ3n) is 4.56. The van der Waals surface area contributed by atoms with E-state index in [9.17, 15) is 14.3 Å². The molecule has 108 valence electrons. The number of halogens is 1. The molecule has 0 aliphatic carbocycles. The van der Waals surface area contributed by atoms with E-state index in [1.807, 2.05) is 6.92 Å². The van der Waals surface area contributed by atoms with Gasteiger partial charge in [-0.15, -0.1) is 0 Å². The van der Waals surface area contributed by atoms with Gasteiger partial charge in [0, 0.05) is 22.8 Å². The molecule has 0 radical (unpaired) electrons. The van der Waals surface area contributed by atoms with Gasteiger partial charge in [-0.2, -0.15) is 11.8 Å². The van der Waals surface area contributed by atoms with Gasteiger partial charge in [0.25, 0.3) is 0 Å². The van der Waals surface area contributed by atoms with E-state index in [0.717, 1.165) is 18.4 Å². The van der Waals surface area contributed by atoms with E-state index in [0.29, 0.717) is 11.7 Å². The Morgan fingerprint density at radius 2 is 2.05 bits per heavy atom. The lowest BCUT2D eigenvalue weighted by Crippen LogP contribution is -2.38. The minimum Gasteiger partial charge on any atom is -0.392 e. The number of aliphatic hydroxyl groups excluding tert-OH is 1. The van der Waals surface area contributed by atoms with Crippen molar-refractivity contribution in [3.63, 3.8) is 0 Å². The van der Waals surface area contributed by atoms with E-state index >= 15 is 0 Å². The van der Waals surface area contributed by atoms with Gasteiger partial charge in [0.1, 0.15) is 11.6 Å². The molecule has 2 nitrogen and oxygen atoms in total. The number of hydrogen-bond acceptors (Lipinski definition) is 3. The number of carbonyl (C=O) groups excluding carboxylic acids is 1. The number of ketones is 1. The Morgan fingerprint density at radius 3 is 2.70 bits per heavy atom. The summed E-state index contributed by atoms with van der Waals surface area (Å²) in [6, 6.07) is 6.50. The highest BCUT2D eigenvalue weighted by molar-refractivity contribution is 8.00. The Balaban J connectivity index is 1.95. The Hall–Kier alpha value is -0.870. The molecule has 3 rings (SSSR count). The first kappa shape index (κ1) is 14.1. The van der Waals surface area contributed by atoms with Crippen LogP contribution < -0.4 is 0 Å². The molecule has 1 aromatic rings. The van der Waals surface area contributed by atoms with Crippen molar-refractivity contribution in [2.45, 2.75) is 48.7 Å². The van der Waals surface area contributed by atoms with Crippen molar-refractivity contribution in [2.75, 3.05) is 0 Å². The van der Waals surface area contributed by atoms with Gasteiger partial charge in [-0.3, -0.25) is 4.79 Å². The summed E-state index contributed by atoms with van der Waals surface area (Å²) < 4.78 is 13.1. The smallest absolute Gasteiger partial charge is 0.137 e. The maximum absolute atomic E-state index is 13.1. The molecule has 2 fully saturated rings. The van der Waals surface area contributed by atoms with Crippen molar-refractivity contribution in [3.8, 4) is 0 Å². The Bertz CT molecular complexity index is 502. The van der Waals surface area contributed by atoms with Gasteiger partial charge in [-0.05, 0) is 36.5 Å². The predicted octanol–water partition coefficient (Wildman–Crippen LogP) is 3.14. The highest BCUT2D eigenvalue weighted by atomic mass is 32.2. The fourth-order valence-corrected chi connectivity index (χ4v) is 5.48. The molecular weight excluding hydrogens is 275 g/mol. The maximum atomic E-state index is 13.1. The van der Waals surface area contributed by atoms with Crippen molar-refractivity contribution in [2.24, 2.45) is 5.92 Å². The molecule has 5 atom stereocenters. The summed E-state index contributed by atoms with van der Waals surface area (Å²) in [5.74, 6) is -0.0443. The Kier molecular flexibility index (Phi) is 3.87. The molecule has 5 unspecified atom stereocenters. The van der Waals surface area contributed by atoms with Crippen molar-refractivity contribution < 1.29 is 14.3 Å². The lowest BCUT2D eigenvalue weighted by atomic mass is 9.78. The lowest BCUT2D eigenvalue weighted by Gasteiger charge is -2.36. The molecule has 2 heterocycles. The quantitative estimate of drug-likeness (QED) is 0.930. The summed E-state index contributed by atoms with van der Waals surface area (Å²) in [5.41, 5.74) is 1.03. The van der Waals surface area contributed by atoms with Gasteiger partial charge in [0.15, 0.2) is 0 Å². The number of carbonyl (C=O) groups is 1. The van der Waals surface area contributed by atoms with Crippen LogP contribution in [0.4, 0.5) is 4.39 Å². The highest BCUT2D eigenvalue weighted by Gasteiger charge is 2.50. The number of fused-ring (bicyclic) bond motifs is 2. The van der Waals surface area contributed by atoms with Crippen LogP contribution in [0, 0.1) is 11.7 Å². The van der Waals surface area contributed by atoms with E-state index in [1.165, 1.54) is 12.1 Å². The minimum absolute atomic E-state index is 0.0104. The SMILES string of the molecule is CCC(=O)C1C(c2ccc(F)cc2)CC2CC(O)C1S2. The summed E-state index contributed by atoms with van der Waals surface area (Å²) in [7, 11) is 0. The second kappa shape index (κ2) is 5.49. The maximum Gasteiger partial charge on any atom is 0.137 e.